The van der Waals surface area contributed by atoms with E-state index in [1.165, 1.54) is 61.6 Å². The average Bonchev–Trinajstić information content (AvgIpc) is 3.54. The number of carbonyl (C=O) groups is 1. The third kappa shape index (κ3) is 4.83. The number of amides is 1. The quantitative estimate of drug-likeness (QED) is 0.500. The van der Waals surface area contributed by atoms with Crippen LogP contribution in [0.15, 0.2) is 18.2 Å². The first kappa shape index (κ1) is 25.4. The number of aliphatic hydroxyl groups excluding tert-OH is 1. The SMILES string of the molecule is Cc1c(C(=O)NCC(C)O)cc(-c2cc(C(C)(C)C)c3c(c2)C2(CCO3)CC2)n1CC1CCCCC1. The molecule has 1 amide bonds. The summed E-state index contributed by atoms with van der Waals surface area (Å²) in [5.41, 5.74) is 6.94. The van der Waals surface area contributed by atoms with Crippen molar-refractivity contribution in [3.63, 3.8) is 0 Å². The first-order chi connectivity index (χ1) is 17.1. The zero-order valence-electron chi connectivity index (χ0n) is 22.9. The normalized spacial score (nSPS) is 20.1. The van der Waals surface area contributed by atoms with E-state index in [-0.39, 0.29) is 23.3 Å². The number of benzene rings is 1. The summed E-state index contributed by atoms with van der Waals surface area (Å²) in [6.07, 6.45) is 9.47. The van der Waals surface area contributed by atoms with Gasteiger partial charge in [0.25, 0.3) is 5.91 Å². The summed E-state index contributed by atoms with van der Waals surface area (Å²) >= 11 is 0. The second-order valence-electron chi connectivity index (χ2n) is 12.7. The molecule has 5 rings (SSSR count). The Morgan fingerprint density at radius 1 is 1.17 bits per heavy atom. The van der Waals surface area contributed by atoms with Crippen LogP contribution in [-0.4, -0.2) is 34.8 Å². The number of nitrogens with one attached hydrogen (secondary N) is 1. The van der Waals surface area contributed by atoms with E-state index < -0.39 is 6.10 Å². The van der Waals surface area contributed by atoms with Crippen molar-refractivity contribution in [3.05, 3.63) is 40.6 Å². The molecule has 5 heteroatoms. The van der Waals surface area contributed by atoms with Crippen LogP contribution >= 0.6 is 0 Å². The fourth-order valence-corrected chi connectivity index (χ4v) is 6.35. The fraction of sp³-hybridized carbons (Fsp3) is 0.645. The predicted molar refractivity (Wildman–Crippen MR) is 145 cm³/mol. The van der Waals surface area contributed by atoms with E-state index in [2.05, 4.69) is 55.8 Å². The lowest BCUT2D eigenvalue weighted by atomic mass is 9.79. The van der Waals surface area contributed by atoms with E-state index in [0.717, 1.165) is 36.7 Å². The van der Waals surface area contributed by atoms with Gasteiger partial charge < -0.3 is 19.7 Å². The topological polar surface area (TPSA) is 63.5 Å². The van der Waals surface area contributed by atoms with Crippen LogP contribution in [0.4, 0.5) is 0 Å². The molecular formula is C31H44N2O3. The van der Waals surface area contributed by atoms with Crippen LogP contribution in [0, 0.1) is 12.8 Å². The second-order valence-corrected chi connectivity index (χ2v) is 12.7. The lowest BCUT2D eigenvalue weighted by Gasteiger charge is -2.33. The number of ether oxygens (including phenoxy) is 1. The Hall–Kier alpha value is -2.27. The van der Waals surface area contributed by atoms with E-state index in [1.807, 2.05) is 0 Å². The highest BCUT2D eigenvalue weighted by Crippen LogP contribution is 2.58. The molecule has 2 N–H and O–H groups in total. The molecule has 0 bridgehead atoms. The van der Waals surface area contributed by atoms with Gasteiger partial charge in [0, 0.05) is 41.0 Å². The number of hydrogen-bond donors (Lipinski definition) is 2. The molecule has 2 heterocycles. The van der Waals surface area contributed by atoms with Gasteiger partial charge >= 0.3 is 0 Å². The minimum absolute atomic E-state index is 0.0409. The molecule has 1 aromatic heterocycles. The zero-order valence-corrected chi connectivity index (χ0v) is 22.9. The minimum Gasteiger partial charge on any atom is -0.493 e. The summed E-state index contributed by atoms with van der Waals surface area (Å²) in [6.45, 7) is 12.6. The summed E-state index contributed by atoms with van der Waals surface area (Å²) in [7, 11) is 0. The van der Waals surface area contributed by atoms with Crippen LogP contribution in [0.5, 0.6) is 5.75 Å². The van der Waals surface area contributed by atoms with E-state index in [9.17, 15) is 9.90 Å². The Balaban J connectivity index is 1.63. The predicted octanol–water partition coefficient (Wildman–Crippen LogP) is 6.27. The molecule has 2 saturated carbocycles. The van der Waals surface area contributed by atoms with Crippen molar-refractivity contribution in [1.82, 2.24) is 9.88 Å². The van der Waals surface area contributed by atoms with Crippen molar-refractivity contribution in [3.8, 4) is 17.0 Å². The van der Waals surface area contributed by atoms with Crippen LogP contribution in [0.2, 0.25) is 0 Å². The van der Waals surface area contributed by atoms with E-state index in [4.69, 9.17) is 4.74 Å². The highest BCUT2D eigenvalue weighted by Gasteiger charge is 2.49. The Labute approximate surface area is 216 Å². The van der Waals surface area contributed by atoms with Crippen LogP contribution in [0.1, 0.15) is 106 Å². The van der Waals surface area contributed by atoms with Crippen molar-refractivity contribution in [2.75, 3.05) is 13.2 Å². The molecule has 196 valence electrons. The number of nitrogens with zero attached hydrogens (tertiary/aromatic N) is 1. The molecule has 1 aromatic carbocycles. The molecule has 1 atom stereocenters. The van der Waals surface area contributed by atoms with E-state index >= 15 is 0 Å². The first-order valence-electron chi connectivity index (χ1n) is 14.1. The molecule has 0 saturated heterocycles. The highest BCUT2D eigenvalue weighted by atomic mass is 16.5. The smallest absolute Gasteiger partial charge is 0.253 e. The molecule has 2 aliphatic carbocycles. The van der Waals surface area contributed by atoms with Gasteiger partial charge in [-0.3, -0.25) is 4.79 Å². The number of aliphatic hydroxyl groups is 1. The Morgan fingerprint density at radius 2 is 1.89 bits per heavy atom. The third-order valence-electron chi connectivity index (χ3n) is 8.78. The molecule has 1 unspecified atom stereocenters. The van der Waals surface area contributed by atoms with E-state index in [1.54, 1.807) is 6.92 Å². The zero-order chi connectivity index (χ0) is 25.7. The maximum atomic E-state index is 13.2. The summed E-state index contributed by atoms with van der Waals surface area (Å²) in [4.78, 5) is 13.2. The van der Waals surface area contributed by atoms with Gasteiger partial charge in [0.2, 0.25) is 0 Å². The third-order valence-corrected chi connectivity index (χ3v) is 8.78. The Kier molecular flexibility index (Phi) is 6.74. The van der Waals surface area contributed by atoms with Gasteiger partial charge in [-0.25, -0.2) is 0 Å². The molecule has 5 nitrogen and oxygen atoms in total. The lowest BCUT2D eigenvalue weighted by molar-refractivity contribution is 0.0923. The summed E-state index contributed by atoms with van der Waals surface area (Å²) in [5, 5.41) is 12.6. The second kappa shape index (κ2) is 9.55. The van der Waals surface area contributed by atoms with Crippen LogP contribution in [0.3, 0.4) is 0 Å². The first-order valence-corrected chi connectivity index (χ1v) is 14.1. The van der Waals surface area contributed by atoms with Crippen LogP contribution in [-0.2, 0) is 17.4 Å². The van der Waals surface area contributed by atoms with Crippen molar-refractivity contribution >= 4 is 5.91 Å². The lowest BCUT2D eigenvalue weighted by Crippen LogP contribution is -2.30. The van der Waals surface area contributed by atoms with Gasteiger partial charge in [-0.1, -0.05) is 40.0 Å². The van der Waals surface area contributed by atoms with Gasteiger partial charge in [0.1, 0.15) is 5.75 Å². The molecule has 2 aromatic rings. The number of carbonyl (C=O) groups excluding carboxylic acids is 1. The summed E-state index contributed by atoms with van der Waals surface area (Å²) < 4.78 is 8.73. The van der Waals surface area contributed by atoms with Gasteiger partial charge in [0.15, 0.2) is 0 Å². The summed E-state index contributed by atoms with van der Waals surface area (Å²) in [5.74, 6) is 1.65. The molecule has 3 aliphatic rings. The molecule has 2 fully saturated rings. The average molecular weight is 493 g/mol. The number of aromatic nitrogens is 1. The van der Waals surface area contributed by atoms with Crippen LogP contribution in [0.25, 0.3) is 11.3 Å². The van der Waals surface area contributed by atoms with E-state index in [0.29, 0.717) is 11.5 Å². The maximum Gasteiger partial charge on any atom is 0.253 e. The highest BCUT2D eigenvalue weighted by molar-refractivity contribution is 5.97. The van der Waals surface area contributed by atoms with Crippen molar-refractivity contribution in [1.29, 1.82) is 0 Å². The molecular weight excluding hydrogens is 448 g/mol. The van der Waals surface area contributed by atoms with Gasteiger partial charge in [0.05, 0.1) is 18.3 Å². The standard InChI is InChI=1S/C31H44N2O3/c1-20(34)18-32-29(35)24-17-27(33(21(24)2)19-22-9-7-6-8-10-22)23-15-25(30(3,4)5)28-26(16-23)31(11-12-31)13-14-36-28/h15-17,20,22,34H,6-14,18-19H2,1-5H3,(H,32,35). The largest absolute Gasteiger partial charge is 0.493 e. The fourth-order valence-electron chi connectivity index (χ4n) is 6.35. The van der Waals surface area contributed by atoms with Crippen molar-refractivity contribution in [2.45, 2.75) is 109 Å². The van der Waals surface area contributed by atoms with Crippen molar-refractivity contribution < 1.29 is 14.6 Å². The molecule has 36 heavy (non-hydrogen) atoms. The number of fused-ring (bicyclic) bond motifs is 2. The summed E-state index contributed by atoms with van der Waals surface area (Å²) in [6, 6.07) is 6.79. The molecule has 0 radical (unpaired) electrons. The van der Waals surface area contributed by atoms with Crippen molar-refractivity contribution in [2.24, 2.45) is 5.92 Å². The monoisotopic (exact) mass is 492 g/mol. The molecule has 1 aliphatic heterocycles. The van der Waals surface area contributed by atoms with Gasteiger partial charge in [-0.2, -0.15) is 0 Å². The van der Waals surface area contributed by atoms with Crippen LogP contribution < -0.4 is 10.1 Å². The Bertz CT molecular complexity index is 1110. The number of hydrogen-bond acceptors (Lipinski definition) is 3. The molecule has 1 spiro atoms. The van der Waals surface area contributed by atoms with Gasteiger partial charge in [-0.05, 0) is 81.0 Å². The Morgan fingerprint density at radius 3 is 2.53 bits per heavy atom. The minimum atomic E-state index is -0.567. The van der Waals surface area contributed by atoms with Gasteiger partial charge in [-0.15, -0.1) is 0 Å². The number of rotatable bonds is 6. The maximum absolute atomic E-state index is 13.2.